The fourth-order valence-electron chi connectivity index (χ4n) is 2.88. The maximum Gasteiger partial charge on any atom is 0.270 e. The SMILES string of the molecule is COc1cc(/C=N/NC(=O)[C@@H](NC(=O)c2cccc([N+](=O)[O-])c2)C(C)C)ccc1OC(C)C. The van der Waals surface area contributed by atoms with E-state index >= 15 is 0 Å². The number of hydrogen-bond donors (Lipinski definition) is 2. The van der Waals surface area contributed by atoms with Crippen LogP contribution in [0.1, 0.15) is 43.6 Å². The van der Waals surface area contributed by atoms with Gasteiger partial charge < -0.3 is 14.8 Å². The predicted octanol–water partition coefficient (Wildman–Crippen LogP) is 3.30. The number of nitro groups is 1. The van der Waals surface area contributed by atoms with Gasteiger partial charge in [0, 0.05) is 17.7 Å². The van der Waals surface area contributed by atoms with Gasteiger partial charge in [-0.25, -0.2) is 5.43 Å². The number of nitrogens with one attached hydrogen (secondary N) is 2. The van der Waals surface area contributed by atoms with Gasteiger partial charge in [0.2, 0.25) is 0 Å². The summed E-state index contributed by atoms with van der Waals surface area (Å²) >= 11 is 0. The summed E-state index contributed by atoms with van der Waals surface area (Å²) in [6.07, 6.45) is 1.43. The first-order valence-electron chi connectivity index (χ1n) is 10.3. The lowest BCUT2D eigenvalue weighted by atomic mass is 10.0. The van der Waals surface area contributed by atoms with Crippen LogP contribution in [0, 0.1) is 16.0 Å². The molecule has 0 heterocycles. The third kappa shape index (κ3) is 7.30. The van der Waals surface area contributed by atoms with Crippen LogP contribution in [0.3, 0.4) is 0 Å². The van der Waals surface area contributed by atoms with E-state index in [9.17, 15) is 19.7 Å². The molecular weight excluding hydrogens is 428 g/mol. The van der Waals surface area contributed by atoms with Crippen molar-refractivity contribution in [3.8, 4) is 11.5 Å². The largest absolute Gasteiger partial charge is 0.493 e. The minimum Gasteiger partial charge on any atom is -0.493 e. The molecular formula is C23H28N4O6. The molecule has 0 saturated carbocycles. The van der Waals surface area contributed by atoms with Gasteiger partial charge in [-0.1, -0.05) is 19.9 Å². The molecule has 0 unspecified atom stereocenters. The highest BCUT2D eigenvalue weighted by atomic mass is 16.6. The summed E-state index contributed by atoms with van der Waals surface area (Å²) in [6, 6.07) is 9.63. The minimum atomic E-state index is -0.898. The average Bonchev–Trinajstić information content (AvgIpc) is 2.77. The highest BCUT2D eigenvalue weighted by Crippen LogP contribution is 2.28. The molecule has 0 bridgehead atoms. The molecule has 2 aromatic rings. The molecule has 0 aliphatic carbocycles. The Balaban J connectivity index is 2.07. The van der Waals surface area contributed by atoms with Gasteiger partial charge in [0.25, 0.3) is 17.5 Å². The van der Waals surface area contributed by atoms with Crippen molar-refractivity contribution in [2.75, 3.05) is 7.11 Å². The number of nitrogens with zero attached hydrogens (tertiary/aromatic N) is 2. The van der Waals surface area contributed by atoms with E-state index < -0.39 is 22.8 Å². The van der Waals surface area contributed by atoms with Gasteiger partial charge in [0.1, 0.15) is 6.04 Å². The van der Waals surface area contributed by atoms with Gasteiger partial charge in [0.15, 0.2) is 11.5 Å². The second-order valence-electron chi connectivity index (χ2n) is 7.81. The molecule has 10 heteroatoms. The van der Waals surface area contributed by atoms with E-state index in [0.29, 0.717) is 17.1 Å². The van der Waals surface area contributed by atoms with Crippen molar-refractivity contribution < 1.29 is 24.0 Å². The van der Waals surface area contributed by atoms with Crippen molar-refractivity contribution in [1.29, 1.82) is 0 Å². The van der Waals surface area contributed by atoms with Gasteiger partial charge in [-0.15, -0.1) is 0 Å². The third-order valence-electron chi connectivity index (χ3n) is 4.49. The number of benzene rings is 2. The lowest BCUT2D eigenvalue weighted by molar-refractivity contribution is -0.384. The number of carbonyl (C=O) groups excluding carboxylic acids is 2. The van der Waals surface area contributed by atoms with Crippen LogP contribution in [0.4, 0.5) is 5.69 Å². The number of methoxy groups -OCH3 is 1. The summed E-state index contributed by atoms with van der Waals surface area (Å²) in [6.45, 7) is 7.35. The third-order valence-corrected chi connectivity index (χ3v) is 4.49. The molecule has 2 amide bonds. The molecule has 0 fully saturated rings. The van der Waals surface area contributed by atoms with Gasteiger partial charge in [0.05, 0.1) is 24.4 Å². The molecule has 2 N–H and O–H groups in total. The van der Waals surface area contributed by atoms with Gasteiger partial charge in [-0.3, -0.25) is 19.7 Å². The minimum absolute atomic E-state index is 0.0112. The Kier molecular flexibility index (Phi) is 8.90. The molecule has 0 radical (unpaired) electrons. The van der Waals surface area contributed by atoms with Crippen molar-refractivity contribution in [2.45, 2.75) is 39.8 Å². The Bertz CT molecular complexity index is 1040. The van der Waals surface area contributed by atoms with Crippen LogP contribution in [-0.2, 0) is 4.79 Å². The monoisotopic (exact) mass is 456 g/mol. The first-order chi connectivity index (χ1) is 15.6. The van der Waals surface area contributed by atoms with Crippen molar-refractivity contribution in [2.24, 2.45) is 11.0 Å². The zero-order valence-corrected chi connectivity index (χ0v) is 19.2. The lowest BCUT2D eigenvalue weighted by Crippen LogP contribution is -2.48. The molecule has 0 saturated heterocycles. The number of ether oxygens (including phenoxy) is 2. The van der Waals surface area contributed by atoms with E-state index in [-0.39, 0.29) is 23.3 Å². The maximum atomic E-state index is 12.6. The number of hydrogen-bond acceptors (Lipinski definition) is 7. The summed E-state index contributed by atoms with van der Waals surface area (Å²) in [4.78, 5) is 35.5. The molecule has 1 atom stereocenters. The molecule has 0 aliphatic rings. The van der Waals surface area contributed by atoms with E-state index in [4.69, 9.17) is 9.47 Å². The molecule has 2 aromatic carbocycles. The van der Waals surface area contributed by atoms with Gasteiger partial charge >= 0.3 is 0 Å². The Hall–Kier alpha value is -3.95. The van der Waals surface area contributed by atoms with E-state index in [1.807, 2.05) is 13.8 Å². The number of carbonyl (C=O) groups is 2. The Morgan fingerprint density at radius 2 is 1.82 bits per heavy atom. The Morgan fingerprint density at radius 1 is 1.09 bits per heavy atom. The smallest absolute Gasteiger partial charge is 0.270 e. The summed E-state index contributed by atoms with van der Waals surface area (Å²) in [5.41, 5.74) is 2.97. The van der Waals surface area contributed by atoms with Crippen LogP contribution >= 0.6 is 0 Å². The van der Waals surface area contributed by atoms with Crippen molar-refractivity contribution in [3.63, 3.8) is 0 Å². The first kappa shape index (κ1) is 25.3. The lowest BCUT2D eigenvalue weighted by Gasteiger charge is -2.20. The highest BCUT2D eigenvalue weighted by Gasteiger charge is 2.25. The van der Waals surface area contributed by atoms with Crippen molar-refractivity contribution in [3.05, 3.63) is 63.7 Å². The summed E-state index contributed by atoms with van der Waals surface area (Å²) in [7, 11) is 1.53. The van der Waals surface area contributed by atoms with Crippen LogP contribution < -0.4 is 20.2 Å². The van der Waals surface area contributed by atoms with Crippen LogP contribution in [0.15, 0.2) is 47.6 Å². The fourth-order valence-corrected chi connectivity index (χ4v) is 2.88. The fraction of sp³-hybridized carbons (Fsp3) is 0.348. The van der Waals surface area contributed by atoms with Crippen LogP contribution in [0.5, 0.6) is 11.5 Å². The second-order valence-corrected chi connectivity index (χ2v) is 7.81. The summed E-state index contributed by atoms with van der Waals surface area (Å²) in [5.74, 6) is -0.246. The van der Waals surface area contributed by atoms with Crippen LogP contribution in [-0.4, -0.2) is 42.2 Å². The van der Waals surface area contributed by atoms with E-state index in [0.717, 1.165) is 6.07 Å². The van der Waals surface area contributed by atoms with E-state index in [2.05, 4.69) is 15.8 Å². The quantitative estimate of drug-likeness (QED) is 0.320. The second kappa shape index (κ2) is 11.6. The van der Waals surface area contributed by atoms with Gasteiger partial charge in [-0.05, 0) is 49.6 Å². The number of rotatable bonds is 10. The molecule has 10 nitrogen and oxygen atoms in total. The zero-order valence-electron chi connectivity index (χ0n) is 19.2. The van der Waals surface area contributed by atoms with E-state index in [1.165, 1.54) is 31.5 Å². The number of hydrazone groups is 1. The zero-order chi connectivity index (χ0) is 24.5. The molecule has 0 aliphatic heterocycles. The predicted molar refractivity (Wildman–Crippen MR) is 124 cm³/mol. The topological polar surface area (TPSA) is 132 Å². The molecule has 176 valence electrons. The average molecular weight is 456 g/mol. The first-order valence-corrected chi connectivity index (χ1v) is 10.3. The molecule has 0 aromatic heterocycles. The van der Waals surface area contributed by atoms with E-state index in [1.54, 1.807) is 32.0 Å². The molecule has 0 spiro atoms. The Labute approximate surface area is 192 Å². The molecule has 33 heavy (non-hydrogen) atoms. The van der Waals surface area contributed by atoms with Crippen molar-refractivity contribution >= 4 is 23.7 Å². The number of nitro benzene ring substituents is 1. The standard InChI is InChI=1S/C23H28N4O6/c1-14(2)21(25-22(28)17-7-6-8-18(12-17)27(30)31)23(29)26-24-13-16-9-10-19(33-15(3)4)20(11-16)32-5/h6-15,21H,1-5H3,(H,25,28)(H,26,29)/b24-13+/t21-/m0/s1. The number of non-ortho nitro benzene ring substituents is 1. The summed E-state index contributed by atoms with van der Waals surface area (Å²) in [5, 5.41) is 17.5. The normalized spacial score (nSPS) is 12.0. The van der Waals surface area contributed by atoms with Gasteiger partial charge in [-0.2, -0.15) is 5.10 Å². The summed E-state index contributed by atoms with van der Waals surface area (Å²) < 4.78 is 11.0. The van der Waals surface area contributed by atoms with Crippen molar-refractivity contribution in [1.82, 2.24) is 10.7 Å². The van der Waals surface area contributed by atoms with Crippen LogP contribution in [0.2, 0.25) is 0 Å². The number of amides is 2. The highest BCUT2D eigenvalue weighted by molar-refractivity contribution is 5.98. The Morgan fingerprint density at radius 3 is 2.42 bits per heavy atom. The van der Waals surface area contributed by atoms with Crippen LogP contribution in [0.25, 0.3) is 0 Å². The maximum absolute atomic E-state index is 12.6. The molecule has 2 rings (SSSR count).